The number of piperidine rings is 1. The molecule has 1 aliphatic heterocycles. The molecule has 3 aromatic rings. The zero-order valence-electron chi connectivity index (χ0n) is 21.6. The van der Waals surface area contributed by atoms with E-state index in [4.69, 9.17) is 11.6 Å². The van der Waals surface area contributed by atoms with E-state index in [0.717, 1.165) is 24.5 Å². The van der Waals surface area contributed by atoms with Crippen LogP contribution in [0.2, 0.25) is 5.02 Å². The molecule has 216 valence electrons. The maximum Gasteiger partial charge on any atom is 0.417 e. The Morgan fingerprint density at radius 3 is 2.42 bits per heavy atom. The van der Waals surface area contributed by atoms with E-state index in [1.165, 1.54) is 18.3 Å². The quantitative estimate of drug-likeness (QED) is 0.330. The normalized spacial score (nSPS) is 18.3. The van der Waals surface area contributed by atoms with Crippen molar-refractivity contribution in [2.75, 3.05) is 36.8 Å². The van der Waals surface area contributed by atoms with Crippen LogP contribution in [0.1, 0.15) is 30.4 Å². The minimum atomic E-state index is -4.62. The second-order valence-corrected chi connectivity index (χ2v) is 11.9. The van der Waals surface area contributed by atoms with Gasteiger partial charge in [0.1, 0.15) is 23.8 Å². The van der Waals surface area contributed by atoms with E-state index < -0.39 is 43.8 Å². The van der Waals surface area contributed by atoms with E-state index in [9.17, 15) is 21.6 Å². The number of anilines is 2. The fourth-order valence-corrected chi connectivity index (χ4v) is 6.33. The number of aryl methyl sites for hydroxylation is 1. The summed E-state index contributed by atoms with van der Waals surface area (Å²) in [5.74, 6) is -2.68. The molecule has 0 saturated carbocycles. The van der Waals surface area contributed by atoms with Gasteiger partial charge in [-0.1, -0.05) is 17.7 Å². The zero-order chi connectivity index (χ0) is 29.3. The molecular formula is C26H27ClF5N5O2S. The van der Waals surface area contributed by atoms with Gasteiger partial charge in [0.15, 0.2) is 4.90 Å². The standard InChI is InChI=1S/C26H27ClF5N5O2S/c1-36(2)25(9-6-17-4-5-20(27)19(12-17)26(30,31)32)8-3-11-37(15-25)18-13-21(28)24(22(29)14-18)40(38,39)35-23-7-10-33-16-34-23/h4-5,7,10,12-14,16H,3,6,8-9,11,15H2,1-2H3,(H,33,34,35)/t25-/m1/s1. The van der Waals surface area contributed by atoms with Gasteiger partial charge >= 0.3 is 6.18 Å². The maximum absolute atomic E-state index is 15.1. The predicted octanol–water partition coefficient (Wildman–Crippen LogP) is 5.76. The van der Waals surface area contributed by atoms with Gasteiger partial charge in [0.2, 0.25) is 0 Å². The van der Waals surface area contributed by atoms with E-state index in [1.54, 1.807) is 11.0 Å². The van der Waals surface area contributed by atoms with Crippen molar-refractivity contribution in [1.29, 1.82) is 0 Å². The van der Waals surface area contributed by atoms with E-state index in [1.807, 2.05) is 23.7 Å². The minimum absolute atomic E-state index is 0.146. The number of hydrogen-bond donors (Lipinski definition) is 1. The summed E-state index contributed by atoms with van der Waals surface area (Å²) in [4.78, 5) is 9.97. The van der Waals surface area contributed by atoms with E-state index in [2.05, 4.69) is 9.97 Å². The van der Waals surface area contributed by atoms with Gasteiger partial charge in [-0.2, -0.15) is 13.2 Å². The highest BCUT2D eigenvalue weighted by Gasteiger charge is 2.39. The van der Waals surface area contributed by atoms with Crippen molar-refractivity contribution < 1.29 is 30.4 Å². The van der Waals surface area contributed by atoms with Crippen molar-refractivity contribution in [3.05, 3.63) is 76.7 Å². The third-order valence-corrected chi connectivity index (χ3v) is 8.89. The van der Waals surface area contributed by atoms with Crippen LogP contribution in [0.15, 0.2) is 53.8 Å². The zero-order valence-corrected chi connectivity index (χ0v) is 23.2. The van der Waals surface area contributed by atoms with Crippen molar-refractivity contribution in [3.8, 4) is 0 Å². The number of sulfonamides is 1. The van der Waals surface area contributed by atoms with Gasteiger partial charge in [0.25, 0.3) is 10.0 Å². The molecule has 0 bridgehead atoms. The summed E-state index contributed by atoms with van der Waals surface area (Å²) in [5, 5.41) is -0.371. The second kappa shape index (κ2) is 11.5. The summed E-state index contributed by atoms with van der Waals surface area (Å²) in [5.41, 5.74) is -0.792. The number of alkyl halides is 3. The molecule has 0 amide bonds. The minimum Gasteiger partial charge on any atom is -0.370 e. The number of rotatable bonds is 8. The Bertz CT molecular complexity index is 1450. The Hall–Kier alpha value is -3.03. The first-order chi connectivity index (χ1) is 18.7. The highest BCUT2D eigenvalue weighted by Crippen LogP contribution is 2.38. The van der Waals surface area contributed by atoms with Crippen molar-refractivity contribution in [1.82, 2.24) is 14.9 Å². The van der Waals surface area contributed by atoms with E-state index in [-0.39, 0.29) is 16.5 Å². The number of halogens is 6. The molecule has 0 aliphatic carbocycles. The van der Waals surface area contributed by atoms with Gasteiger partial charge < -0.3 is 9.80 Å². The van der Waals surface area contributed by atoms with E-state index in [0.29, 0.717) is 44.3 Å². The first kappa shape index (κ1) is 29.9. The topological polar surface area (TPSA) is 78.4 Å². The molecular weight excluding hydrogens is 577 g/mol. The van der Waals surface area contributed by atoms with Gasteiger partial charge in [-0.25, -0.2) is 27.2 Å². The molecule has 1 N–H and O–H groups in total. The predicted molar refractivity (Wildman–Crippen MR) is 142 cm³/mol. The molecule has 2 aromatic carbocycles. The monoisotopic (exact) mass is 603 g/mol. The lowest BCUT2D eigenvalue weighted by Crippen LogP contribution is -2.56. The summed E-state index contributed by atoms with van der Waals surface area (Å²) < 4.78 is 97.7. The van der Waals surface area contributed by atoms with Gasteiger partial charge in [-0.3, -0.25) is 4.72 Å². The SMILES string of the molecule is CN(C)[C@@]1(CCc2ccc(Cl)c(C(F)(F)F)c2)CCCN(c2cc(F)c(S(=O)(=O)Nc3ccncn3)c(F)c2)C1. The molecule has 7 nitrogen and oxygen atoms in total. The van der Waals surface area contributed by atoms with Crippen LogP contribution in [-0.4, -0.2) is 56.0 Å². The fourth-order valence-electron chi connectivity index (χ4n) is 4.97. The van der Waals surface area contributed by atoms with Crippen LogP contribution in [0.5, 0.6) is 0 Å². The Morgan fingerprint density at radius 1 is 1.12 bits per heavy atom. The van der Waals surface area contributed by atoms with Crippen LogP contribution < -0.4 is 9.62 Å². The summed E-state index contributed by atoms with van der Waals surface area (Å²) in [6.07, 6.45) is -0.0796. The molecule has 14 heteroatoms. The number of benzene rings is 2. The number of nitrogens with one attached hydrogen (secondary N) is 1. The lowest BCUT2D eigenvalue weighted by molar-refractivity contribution is -0.137. The molecule has 1 atom stereocenters. The van der Waals surface area contributed by atoms with Crippen molar-refractivity contribution >= 4 is 33.1 Å². The lowest BCUT2D eigenvalue weighted by atomic mass is 9.82. The first-order valence-electron chi connectivity index (χ1n) is 12.3. The molecule has 1 saturated heterocycles. The molecule has 4 rings (SSSR count). The van der Waals surface area contributed by atoms with Crippen molar-refractivity contribution in [3.63, 3.8) is 0 Å². The second-order valence-electron chi connectivity index (χ2n) is 9.89. The van der Waals surface area contributed by atoms with Gasteiger partial charge in [-0.15, -0.1) is 0 Å². The summed E-state index contributed by atoms with van der Waals surface area (Å²) in [6.45, 7) is 0.781. The number of nitrogens with zero attached hydrogens (tertiary/aromatic N) is 4. The highest BCUT2D eigenvalue weighted by atomic mass is 35.5. The van der Waals surface area contributed by atoms with Crippen LogP contribution in [-0.2, 0) is 22.6 Å². The molecule has 0 radical (unpaired) electrons. The average molecular weight is 604 g/mol. The Labute approximate surface area is 234 Å². The number of hydrogen-bond acceptors (Lipinski definition) is 6. The van der Waals surface area contributed by atoms with Crippen molar-refractivity contribution in [2.45, 2.75) is 42.3 Å². The molecule has 1 aliphatic rings. The smallest absolute Gasteiger partial charge is 0.370 e. The first-order valence-corrected chi connectivity index (χ1v) is 14.1. The van der Waals surface area contributed by atoms with Gasteiger partial charge in [-0.05, 0) is 75.7 Å². The van der Waals surface area contributed by atoms with Crippen LogP contribution in [0, 0.1) is 11.6 Å². The van der Waals surface area contributed by atoms with Crippen LogP contribution in [0.4, 0.5) is 33.5 Å². The maximum atomic E-state index is 15.1. The molecule has 1 aromatic heterocycles. The summed E-state index contributed by atoms with van der Waals surface area (Å²) >= 11 is 5.76. The molecule has 1 fully saturated rings. The summed E-state index contributed by atoms with van der Waals surface area (Å²) in [7, 11) is -0.923. The highest BCUT2D eigenvalue weighted by molar-refractivity contribution is 7.92. The third kappa shape index (κ3) is 6.47. The van der Waals surface area contributed by atoms with Crippen LogP contribution in [0.25, 0.3) is 0 Å². The summed E-state index contributed by atoms with van der Waals surface area (Å²) in [6, 6.07) is 7.02. The van der Waals surface area contributed by atoms with Crippen molar-refractivity contribution in [2.24, 2.45) is 0 Å². The Balaban J connectivity index is 1.57. The van der Waals surface area contributed by atoms with Crippen LogP contribution in [0.3, 0.4) is 0 Å². The lowest BCUT2D eigenvalue weighted by Gasteiger charge is -2.48. The Kier molecular flexibility index (Phi) is 8.57. The third-order valence-electron chi connectivity index (χ3n) is 7.16. The largest absolute Gasteiger partial charge is 0.417 e. The molecule has 40 heavy (non-hydrogen) atoms. The fraction of sp³-hybridized carbons (Fsp3) is 0.385. The number of likely N-dealkylation sites (N-methyl/N-ethyl adjacent to an activating group) is 1. The average Bonchev–Trinajstić information content (AvgIpc) is 2.87. The molecule has 2 heterocycles. The van der Waals surface area contributed by atoms with Crippen LogP contribution >= 0.6 is 11.6 Å². The molecule has 0 unspecified atom stereocenters. The van der Waals surface area contributed by atoms with Gasteiger partial charge in [0, 0.05) is 30.5 Å². The number of aromatic nitrogens is 2. The van der Waals surface area contributed by atoms with E-state index >= 15 is 8.78 Å². The Morgan fingerprint density at radius 2 is 1.82 bits per heavy atom. The molecule has 0 spiro atoms. The van der Waals surface area contributed by atoms with Gasteiger partial charge in [0.05, 0.1) is 10.6 Å².